The molecule has 1 aliphatic rings. The van der Waals surface area contributed by atoms with Gasteiger partial charge in [-0.05, 0) is 30.7 Å². The van der Waals surface area contributed by atoms with Crippen LogP contribution in [0.3, 0.4) is 0 Å². The second-order valence-corrected chi connectivity index (χ2v) is 5.70. The van der Waals surface area contributed by atoms with E-state index in [2.05, 4.69) is 21.2 Å². The zero-order chi connectivity index (χ0) is 10.9. The van der Waals surface area contributed by atoms with Gasteiger partial charge in [0.15, 0.2) is 0 Å². The van der Waals surface area contributed by atoms with E-state index in [1.807, 2.05) is 5.38 Å². The Labute approximate surface area is 106 Å². The van der Waals surface area contributed by atoms with Gasteiger partial charge in [0.05, 0.1) is 10.6 Å². The van der Waals surface area contributed by atoms with E-state index in [1.54, 1.807) is 6.07 Å². The van der Waals surface area contributed by atoms with E-state index in [9.17, 15) is 4.79 Å². The molecule has 1 amide bonds. The zero-order valence-electron chi connectivity index (χ0n) is 8.06. The third-order valence-electron chi connectivity index (χ3n) is 2.77. The Hall–Kier alpha value is -0.0600. The molecule has 0 spiro atoms. The average molecular weight is 309 g/mol. The van der Waals surface area contributed by atoms with Gasteiger partial charge in [0.1, 0.15) is 4.88 Å². The van der Waals surface area contributed by atoms with Gasteiger partial charge in [-0.25, -0.2) is 0 Å². The van der Waals surface area contributed by atoms with Gasteiger partial charge in [0, 0.05) is 5.33 Å². The molecular weight excluding hydrogens is 298 g/mol. The summed E-state index contributed by atoms with van der Waals surface area (Å²) in [6.45, 7) is 0. The maximum Gasteiger partial charge on any atom is 0.263 e. The number of halogens is 2. The molecule has 1 N–H and O–H groups in total. The Balaban J connectivity index is 2.07. The molecule has 0 unspecified atom stereocenters. The second kappa shape index (κ2) is 4.44. The topological polar surface area (TPSA) is 29.1 Å². The molecule has 0 aliphatic heterocycles. The highest BCUT2D eigenvalue weighted by Gasteiger charge is 2.37. The minimum Gasteiger partial charge on any atom is -0.345 e. The highest BCUT2D eigenvalue weighted by Crippen LogP contribution is 2.34. The molecule has 1 aromatic rings. The van der Waals surface area contributed by atoms with Crippen LogP contribution in [-0.4, -0.2) is 16.8 Å². The first kappa shape index (κ1) is 11.4. The first-order chi connectivity index (χ1) is 7.17. The van der Waals surface area contributed by atoms with Crippen LogP contribution in [0.4, 0.5) is 0 Å². The zero-order valence-corrected chi connectivity index (χ0v) is 11.2. The third kappa shape index (κ3) is 2.22. The molecule has 15 heavy (non-hydrogen) atoms. The van der Waals surface area contributed by atoms with Crippen LogP contribution < -0.4 is 5.32 Å². The summed E-state index contributed by atoms with van der Waals surface area (Å²) in [5.74, 6) is -0.0471. The van der Waals surface area contributed by atoms with Crippen molar-refractivity contribution in [2.24, 2.45) is 0 Å². The van der Waals surface area contributed by atoms with Gasteiger partial charge in [-0.1, -0.05) is 27.5 Å². The highest BCUT2D eigenvalue weighted by atomic mass is 79.9. The summed E-state index contributed by atoms with van der Waals surface area (Å²) < 4.78 is 0. The number of alkyl halides is 1. The fourth-order valence-corrected chi connectivity index (χ4v) is 3.39. The Kier molecular flexibility index (Phi) is 3.38. The summed E-state index contributed by atoms with van der Waals surface area (Å²) in [5.41, 5.74) is -0.0373. The van der Waals surface area contributed by atoms with Crippen molar-refractivity contribution >= 4 is 44.8 Å². The summed E-state index contributed by atoms with van der Waals surface area (Å²) in [6.07, 6.45) is 3.28. The molecule has 0 atom stereocenters. The predicted octanol–water partition coefficient (Wildman–Crippen LogP) is 3.45. The van der Waals surface area contributed by atoms with E-state index in [1.165, 1.54) is 17.8 Å². The number of hydrogen-bond acceptors (Lipinski definition) is 2. The van der Waals surface area contributed by atoms with Crippen LogP contribution in [0.2, 0.25) is 5.02 Å². The minimum atomic E-state index is -0.0471. The second-order valence-electron chi connectivity index (χ2n) is 3.82. The average Bonchev–Trinajstić information content (AvgIpc) is 2.58. The van der Waals surface area contributed by atoms with Crippen molar-refractivity contribution in [1.82, 2.24) is 5.32 Å². The molecular formula is C10H11BrClNOS. The third-order valence-corrected chi connectivity index (χ3v) is 5.18. The monoisotopic (exact) mass is 307 g/mol. The number of carbonyl (C=O) groups is 1. The van der Waals surface area contributed by atoms with Crippen molar-refractivity contribution < 1.29 is 4.79 Å². The summed E-state index contributed by atoms with van der Waals surface area (Å²) in [6, 6.07) is 1.75. The van der Waals surface area contributed by atoms with Crippen LogP contribution in [0.5, 0.6) is 0 Å². The van der Waals surface area contributed by atoms with E-state index >= 15 is 0 Å². The van der Waals surface area contributed by atoms with E-state index in [0.29, 0.717) is 9.90 Å². The van der Waals surface area contributed by atoms with Crippen LogP contribution in [0.1, 0.15) is 28.9 Å². The Morgan fingerprint density at radius 2 is 2.40 bits per heavy atom. The lowest BCUT2D eigenvalue weighted by atomic mass is 9.78. The maximum absolute atomic E-state index is 11.9. The van der Waals surface area contributed by atoms with E-state index in [4.69, 9.17) is 11.6 Å². The number of thiophene rings is 1. The van der Waals surface area contributed by atoms with Crippen molar-refractivity contribution in [2.45, 2.75) is 24.8 Å². The first-order valence-electron chi connectivity index (χ1n) is 4.78. The summed E-state index contributed by atoms with van der Waals surface area (Å²) >= 11 is 10.7. The van der Waals surface area contributed by atoms with Gasteiger partial charge < -0.3 is 5.32 Å². The Bertz CT molecular complexity index is 370. The molecule has 0 bridgehead atoms. The molecule has 1 heterocycles. The molecule has 1 saturated carbocycles. The molecule has 2 rings (SSSR count). The lowest BCUT2D eigenvalue weighted by Crippen LogP contribution is -2.54. The standard InChI is InChI=1S/C10H11BrClNOS/c11-6-10(3-1-4-10)13-9(14)8-7(12)2-5-15-8/h2,5H,1,3-4,6H2,(H,13,14). The SMILES string of the molecule is O=C(NC1(CBr)CCC1)c1sccc1Cl. The van der Waals surface area contributed by atoms with Gasteiger partial charge in [-0.15, -0.1) is 11.3 Å². The molecule has 5 heteroatoms. The number of rotatable bonds is 3. The van der Waals surface area contributed by atoms with Crippen LogP contribution in [0, 0.1) is 0 Å². The Morgan fingerprint density at radius 1 is 1.67 bits per heavy atom. The van der Waals surface area contributed by atoms with Crippen molar-refractivity contribution in [3.8, 4) is 0 Å². The quantitative estimate of drug-likeness (QED) is 0.851. The van der Waals surface area contributed by atoms with Gasteiger partial charge in [-0.2, -0.15) is 0 Å². The highest BCUT2D eigenvalue weighted by molar-refractivity contribution is 9.09. The van der Waals surface area contributed by atoms with Gasteiger partial charge in [-0.3, -0.25) is 4.79 Å². The number of nitrogens with one attached hydrogen (secondary N) is 1. The van der Waals surface area contributed by atoms with Gasteiger partial charge >= 0.3 is 0 Å². The fraction of sp³-hybridized carbons (Fsp3) is 0.500. The number of hydrogen-bond donors (Lipinski definition) is 1. The lowest BCUT2D eigenvalue weighted by Gasteiger charge is -2.41. The molecule has 0 saturated heterocycles. The number of amides is 1. The summed E-state index contributed by atoms with van der Waals surface area (Å²) in [5, 5.41) is 6.25. The molecule has 2 nitrogen and oxygen atoms in total. The van der Waals surface area contributed by atoms with E-state index in [-0.39, 0.29) is 11.4 Å². The summed E-state index contributed by atoms with van der Waals surface area (Å²) in [4.78, 5) is 12.5. The van der Waals surface area contributed by atoms with E-state index in [0.717, 1.165) is 18.2 Å². The lowest BCUT2D eigenvalue weighted by molar-refractivity contribution is 0.0861. The van der Waals surface area contributed by atoms with Crippen molar-refractivity contribution in [1.29, 1.82) is 0 Å². The maximum atomic E-state index is 11.9. The molecule has 0 aromatic carbocycles. The Morgan fingerprint density at radius 3 is 2.80 bits per heavy atom. The van der Waals surface area contributed by atoms with Crippen LogP contribution in [-0.2, 0) is 0 Å². The molecule has 1 aromatic heterocycles. The summed E-state index contributed by atoms with van der Waals surface area (Å²) in [7, 11) is 0. The minimum absolute atomic E-state index is 0.0373. The largest absolute Gasteiger partial charge is 0.345 e. The van der Waals surface area contributed by atoms with Crippen molar-refractivity contribution in [2.75, 3.05) is 5.33 Å². The first-order valence-corrected chi connectivity index (χ1v) is 7.16. The van der Waals surface area contributed by atoms with Crippen molar-refractivity contribution in [3.05, 3.63) is 21.3 Å². The van der Waals surface area contributed by atoms with Gasteiger partial charge in [0.2, 0.25) is 0 Å². The molecule has 0 radical (unpaired) electrons. The normalized spacial score (nSPS) is 18.3. The predicted molar refractivity (Wildman–Crippen MR) is 67.2 cm³/mol. The fourth-order valence-electron chi connectivity index (χ4n) is 1.65. The van der Waals surface area contributed by atoms with E-state index < -0.39 is 0 Å². The van der Waals surface area contributed by atoms with Crippen molar-refractivity contribution in [3.63, 3.8) is 0 Å². The molecule has 82 valence electrons. The smallest absolute Gasteiger partial charge is 0.263 e. The van der Waals surface area contributed by atoms with Crippen LogP contribution in [0.25, 0.3) is 0 Å². The molecule has 1 aliphatic carbocycles. The van der Waals surface area contributed by atoms with Crippen LogP contribution >= 0.6 is 38.9 Å². The van der Waals surface area contributed by atoms with Gasteiger partial charge in [0.25, 0.3) is 5.91 Å². The van der Waals surface area contributed by atoms with Crippen LogP contribution in [0.15, 0.2) is 11.4 Å². The number of carbonyl (C=O) groups excluding carboxylic acids is 1. The molecule has 1 fully saturated rings.